The number of rotatable bonds is 6. The number of ether oxygens (including phenoxy) is 2. The number of phenolic OH excluding ortho intramolecular Hbond substituents is 2. The first-order chi connectivity index (χ1) is 12.6. The number of aromatic amines is 1. The molecule has 6 heteroatoms. The van der Waals surface area contributed by atoms with Crippen LogP contribution in [0.1, 0.15) is 11.1 Å². The van der Waals surface area contributed by atoms with Gasteiger partial charge in [-0.1, -0.05) is 6.07 Å². The van der Waals surface area contributed by atoms with Crippen LogP contribution in [0.4, 0.5) is 0 Å². The van der Waals surface area contributed by atoms with Gasteiger partial charge in [0.1, 0.15) is 5.75 Å². The van der Waals surface area contributed by atoms with Gasteiger partial charge in [0.15, 0.2) is 11.5 Å². The Balaban J connectivity index is 1.56. The predicted octanol–water partition coefficient (Wildman–Crippen LogP) is 3.39. The van der Waals surface area contributed by atoms with Gasteiger partial charge < -0.3 is 24.7 Å². The van der Waals surface area contributed by atoms with Gasteiger partial charge in [-0.25, -0.2) is 4.79 Å². The first kappa shape index (κ1) is 17.4. The van der Waals surface area contributed by atoms with E-state index in [-0.39, 0.29) is 18.1 Å². The molecule has 1 heterocycles. The zero-order valence-electron chi connectivity index (χ0n) is 14.2. The molecule has 0 aliphatic heterocycles. The molecule has 6 nitrogen and oxygen atoms in total. The molecule has 26 heavy (non-hydrogen) atoms. The Hall–Kier alpha value is -3.41. The summed E-state index contributed by atoms with van der Waals surface area (Å²) in [7, 11) is 1.62. The summed E-state index contributed by atoms with van der Waals surface area (Å²) in [5.74, 6) is -0.152. The highest BCUT2D eigenvalue weighted by atomic mass is 16.5. The summed E-state index contributed by atoms with van der Waals surface area (Å²) in [4.78, 5) is 15.0. The number of hydrogen-bond acceptors (Lipinski definition) is 5. The van der Waals surface area contributed by atoms with Crippen LogP contribution in [0.3, 0.4) is 0 Å². The standard InChI is InChI=1S/C20H19NO5/c1-25-15-4-5-17-16(11-15)14(12-21-17)8-9-26-20(24)7-3-13-2-6-18(22)19(23)10-13/h2-7,10-12,21-23H,8-9H2,1H3. The molecule has 0 aliphatic rings. The fourth-order valence-corrected chi connectivity index (χ4v) is 2.61. The van der Waals surface area contributed by atoms with E-state index in [1.54, 1.807) is 13.2 Å². The third kappa shape index (κ3) is 3.97. The van der Waals surface area contributed by atoms with Crippen molar-refractivity contribution in [3.05, 3.63) is 59.8 Å². The average Bonchev–Trinajstić information content (AvgIpc) is 3.05. The highest BCUT2D eigenvalue weighted by Crippen LogP contribution is 2.25. The Morgan fingerprint density at radius 3 is 2.77 bits per heavy atom. The van der Waals surface area contributed by atoms with Crippen molar-refractivity contribution in [3.8, 4) is 17.2 Å². The van der Waals surface area contributed by atoms with Crippen LogP contribution < -0.4 is 4.74 Å². The number of carbonyl (C=O) groups excluding carboxylic acids is 1. The van der Waals surface area contributed by atoms with Crippen molar-refractivity contribution in [2.24, 2.45) is 0 Å². The van der Waals surface area contributed by atoms with Crippen molar-refractivity contribution < 1.29 is 24.5 Å². The second-order valence-electron chi connectivity index (χ2n) is 5.72. The number of carbonyl (C=O) groups is 1. The smallest absolute Gasteiger partial charge is 0.330 e. The molecule has 134 valence electrons. The maximum absolute atomic E-state index is 11.8. The lowest BCUT2D eigenvalue weighted by molar-refractivity contribution is -0.137. The number of methoxy groups -OCH3 is 1. The van der Waals surface area contributed by atoms with Gasteiger partial charge in [0.05, 0.1) is 13.7 Å². The molecule has 0 unspecified atom stereocenters. The summed E-state index contributed by atoms with van der Waals surface area (Å²) < 4.78 is 10.5. The molecule has 0 radical (unpaired) electrons. The predicted molar refractivity (Wildman–Crippen MR) is 98.3 cm³/mol. The van der Waals surface area contributed by atoms with E-state index in [2.05, 4.69) is 4.98 Å². The number of aromatic hydroxyl groups is 2. The number of phenols is 2. The SMILES string of the molecule is COc1ccc2[nH]cc(CCOC(=O)C=Cc3ccc(O)c(O)c3)c2c1. The first-order valence-corrected chi connectivity index (χ1v) is 8.07. The normalized spacial score (nSPS) is 11.1. The zero-order valence-corrected chi connectivity index (χ0v) is 14.2. The second kappa shape index (κ2) is 7.65. The molecule has 2 aromatic carbocycles. The Morgan fingerprint density at radius 2 is 2.00 bits per heavy atom. The van der Waals surface area contributed by atoms with E-state index < -0.39 is 5.97 Å². The minimum atomic E-state index is -0.477. The van der Waals surface area contributed by atoms with E-state index in [1.807, 2.05) is 24.4 Å². The number of nitrogens with one attached hydrogen (secondary N) is 1. The Labute approximate surface area is 150 Å². The fraction of sp³-hybridized carbons (Fsp3) is 0.150. The summed E-state index contributed by atoms with van der Waals surface area (Å²) in [6, 6.07) is 10.1. The molecular formula is C20H19NO5. The summed E-state index contributed by atoms with van der Waals surface area (Å²) in [6.45, 7) is 0.244. The molecule has 0 fully saturated rings. The number of aromatic nitrogens is 1. The highest BCUT2D eigenvalue weighted by Gasteiger charge is 2.06. The molecule has 0 saturated carbocycles. The lowest BCUT2D eigenvalue weighted by Crippen LogP contribution is -2.04. The van der Waals surface area contributed by atoms with Crippen LogP contribution in [0.5, 0.6) is 17.2 Å². The van der Waals surface area contributed by atoms with Crippen LogP contribution >= 0.6 is 0 Å². The third-order valence-corrected chi connectivity index (χ3v) is 4.00. The molecular weight excluding hydrogens is 334 g/mol. The number of benzene rings is 2. The quantitative estimate of drug-likeness (QED) is 0.359. The van der Waals surface area contributed by atoms with Gasteiger partial charge in [-0.15, -0.1) is 0 Å². The molecule has 3 N–H and O–H groups in total. The van der Waals surface area contributed by atoms with E-state index in [0.717, 1.165) is 22.2 Å². The Kier molecular flexibility index (Phi) is 5.12. The van der Waals surface area contributed by atoms with Crippen molar-refractivity contribution in [3.63, 3.8) is 0 Å². The molecule has 0 spiro atoms. The Morgan fingerprint density at radius 1 is 1.15 bits per heavy atom. The molecule has 0 bridgehead atoms. The monoisotopic (exact) mass is 353 g/mol. The summed E-state index contributed by atoms with van der Waals surface area (Å²) >= 11 is 0. The molecule has 3 rings (SSSR count). The van der Waals surface area contributed by atoms with Gasteiger partial charge in [0.25, 0.3) is 0 Å². The van der Waals surface area contributed by atoms with Gasteiger partial charge in [0, 0.05) is 29.6 Å². The van der Waals surface area contributed by atoms with Gasteiger partial charge in [-0.05, 0) is 47.5 Å². The lowest BCUT2D eigenvalue weighted by atomic mass is 10.1. The Bertz CT molecular complexity index is 958. The van der Waals surface area contributed by atoms with E-state index >= 15 is 0 Å². The molecule has 3 aromatic rings. The topological polar surface area (TPSA) is 91.8 Å². The lowest BCUT2D eigenvalue weighted by Gasteiger charge is -2.03. The van der Waals surface area contributed by atoms with E-state index in [1.165, 1.54) is 24.3 Å². The molecule has 0 amide bonds. The van der Waals surface area contributed by atoms with Crippen LogP contribution in [0, 0.1) is 0 Å². The third-order valence-electron chi connectivity index (χ3n) is 4.00. The number of fused-ring (bicyclic) bond motifs is 1. The molecule has 1 aromatic heterocycles. The summed E-state index contributed by atoms with van der Waals surface area (Å²) in [5.41, 5.74) is 2.62. The minimum Gasteiger partial charge on any atom is -0.504 e. The van der Waals surface area contributed by atoms with Crippen LogP contribution in [0.15, 0.2) is 48.7 Å². The van der Waals surface area contributed by atoms with Gasteiger partial charge in [-0.2, -0.15) is 0 Å². The van der Waals surface area contributed by atoms with Crippen LogP contribution in [0.2, 0.25) is 0 Å². The largest absolute Gasteiger partial charge is 0.504 e. The maximum atomic E-state index is 11.8. The molecule has 0 atom stereocenters. The van der Waals surface area contributed by atoms with Crippen molar-refractivity contribution in [1.29, 1.82) is 0 Å². The van der Waals surface area contributed by atoms with Crippen LogP contribution in [-0.4, -0.2) is 34.9 Å². The van der Waals surface area contributed by atoms with E-state index in [0.29, 0.717) is 12.0 Å². The molecule has 0 saturated heterocycles. The number of esters is 1. The zero-order chi connectivity index (χ0) is 18.5. The van der Waals surface area contributed by atoms with Gasteiger partial charge in [0.2, 0.25) is 0 Å². The first-order valence-electron chi connectivity index (χ1n) is 8.07. The molecule has 0 aliphatic carbocycles. The van der Waals surface area contributed by atoms with Crippen molar-refractivity contribution >= 4 is 22.9 Å². The van der Waals surface area contributed by atoms with Crippen LogP contribution in [0.25, 0.3) is 17.0 Å². The maximum Gasteiger partial charge on any atom is 0.330 e. The van der Waals surface area contributed by atoms with Crippen molar-refractivity contribution in [1.82, 2.24) is 4.98 Å². The van der Waals surface area contributed by atoms with Crippen LogP contribution in [-0.2, 0) is 16.0 Å². The number of hydrogen-bond donors (Lipinski definition) is 3. The summed E-state index contributed by atoms with van der Waals surface area (Å²) in [6.07, 6.45) is 5.27. The number of H-pyrrole nitrogens is 1. The van der Waals surface area contributed by atoms with Gasteiger partial charge >= 0.3 is 5.97 Å². The fourth-order valence-electron chi connectivity index (χ4n) is 2.61. The van der Waals surface area contributed by atoms with Crippen molar-refractivity contribution in [2.75, 3.05) is 13.7 Å². The minimum absolute atomic E-state index is 0.208. The van der Waals surface area contributed by atoms with Gasteiger partial charge in [-0.3, -0.25) is 0 Å². The average molecular weight is 353 g/mol. The van der Waals surface area contributed by atoms with E-state index in [4.69, 9.17) is 9.47 Å². The second-order valence-corrected chi connectivity index (χ2v) is 5.72. The van der Waals surface area contributed by atoms with Crippen molar-refractivity contribution in [2.45, 2.75) is 6.42 Å². The van der Waals surface area contributed by atoms with E-state index in [9.17, 15) is 15.0 Å². The summed E-state index contributed by atoms with van der Waals surface area (Å²) in [5, 5.41) is 19.7. The highest BCUT2D eigenvalue weighted by molar-refractivity contribution is 5.87.